The zero-order valence-corrected chi connectivity index (χ0v) is 13.6. The Morgan fingerprint density at radius 1 is 1.35 bits per heavy atom. The lowest BCUT2D eigenvalue weighted by Gasteiger charge is -2.09. The summed E-state index contributed by atoms with van der Waals surface area (Å²) in [6.45, 7) is 0. The van der Waals surface area contributed by atoms with Crippen molar-refractivity contribution in [1.29, 1.82) is 0 Å². The molecular weight excluding hydrogens is 341 g/mol. The molecule has 1 aliphatic rings. The highest BCUT2D eigenvalue weighted by atomic mass is 35.5. The molecule has 0 unspecified atom stereocenters. The number of thioether (sulfide) groups is 1. The van der Waals surface area contributed by atoms with Crippen LogP contribution >= 0.6 is 35.0 Å². The van der Waals surface area contributed by atoms with Crippen LogP contribution in [0.3, 0.4) is 0 Å². The molecule has 1 fully saturated rings. The van der Waals surface area contributed by atoms with Gasteiger partial charge in [0, 0.05) is 10.9 Å². The summed E-state index contributed by atoms with van der Waals surface area (Å²) in [6.07, 6.45) is 0.618. The van der Waals surface area contributed by atoms with Crippen molar-refractivity contribution in [2.45, 2.75) is 11.7 Å². The van der Waals surface area contributed by atoms with E-state index in [9.17, 15) is 13.2 Å². The average Bonchev–Trinajstić information content (AvgIpc) is 2.71. The molecule has 1 aromatic rings. The number of amides is 1. The Labute approximate surface area is 132 Å². The van der Waals surface area contributed by atoms with E-state index < -0.39 is 9.84 Å². The summed E-state index contributed by atoms with van der Waals surface area (Å²) in [7, 11) is -2.90. The van der Waals surface area contributed by atoms with Crippen molar-refractivity contribution in [3.8, 4) is 0 Å². The van der Waals surface area contributed by atoms with Gasteiger partial charge < -0.3 is 5.32 Å². The first kappa shape index (κ1) is 15.9. The highest BCUT2D eigenvalue weighted by Gasteiger charge is 2.28. The minimum absolute atomic E-state index is 0.0135. The van der Waals surface area contributed by atoms with Crippen molar-refractivity contribution in [2.24, 2.45) is 0 Å². The van der Waals surface area contributed by atoms with Gasteiger partial charge in [-0.15, -0.1) is 11.8 Å². The standard InChI is InChI=1S/C12H13Cl2NO3S2/c13-10-2-1-8(5-11(10)14)15-12(16)6-19-9-3-4-20(17,18)7-9/h1-2,5,9H,3-4,6-7H2,(H,15,16)/t9-/m0/s1. The molecule has 1 heterocycles. The van der Waals surface area contributed by atoms with E-state index in [1.54, 1.807) is 18.2 Å². The second-order valence-corrected chi connectivity index (χ2v) is 8.84. The predicted molar refractivity (Wildman–Crippen MR) is 84.6 cm³/mol. The fourth-order valence-electron chi connectivity index (χ4n) is 1.86. The third-order valence-corrected chi connectivity index (χ3v) is 6.86. The normalized spacial score (nSPS) is 20.8. The molecule has 1 aromatic carbocycles. The summed E-state index contributed by atoms with van der Waals surface area (Å²) in [5.41, 5.74) is 0.573. The molecule has 0 saturated carbocycles. The molecule has 0 bridgehead atoms. The number of halogens is 2. The van der Waals surface area contributed by atoms with Crippen LogP contribution in [0.1, 0.15) is 6.42 Å². The molecule has 1 amide bonds. The van der Waals surface area contributed by atoms with Crippen LogP contribution in [-0.2, 0) is 14.6 Å². The van der Waals surface area contributed by atoms with Crippen LogP contribution in [0, 0.1) is 0 Å². The first-order valence-electron chi connectivity index (χ1n) is 5.93. The van der Waals surface area contributed by atoms with Crippen LogP contribution in [0.5, 0.6) is 0 Å². The molecule has 0 aliphatic carbocycles. The van der Waals surface area contributed by atoms with Gasteiger partial charge in [-0.1, -0.05) is 23.2 Å². The van der Waals surface area contributed by atoms with E-state index in [4.69, 9.17) is 23.2 Å². The number of rotatable bonds is 4. The topological polar surface area (TPSA) is 63.2 Å². The third-order valence-electron chi connectivity index (χ3n) is 2.84. The summed E-state index contributed by atoms with van der Waals surface area (Å²) in [5, 5.41) is 3.52. The average molecular weight is 354 g/mol. The highest BCUT2D eigenvalue weighted by molar-refractivity contribution is 8.02. The van der Waals surface area contributed by atoms with Crippen LogP contribution in [-0.4, -0.2) is 36.8 Å². The second-order valence-electron chi connectivity index (χ2n) is 4.51. The lowest BCUT2D eigenvalue weighted by atomic mass is 10.3. The van der Waals surface area contributed by atoms with Gasteiger partial charge >= 0.3 is 0 Å². The molecule has 1 atom stereocenters. The minimum atomic E-state index is -2.90. The number of benzene rings is 1. The maximum Gasteiger partial charge on any atom is 0.234 e. The summed E-state index contributed by atoms with van der Waals surface area (Å²) in [4.78, 5) is 11.8. The van der Waals surface area contributed by atoms with Gasteiger partial charge in [0.25, 0.3) is 0 Å². The Morgan fingerprint density at radius 2 is 2.10 bits per heavy atom. The van der Waals surface area contributed by atoms with Gasteiger partial charge in [-0.3, -0.25) is 4.79 Å². The first-order valence-corrected chi connectivity index (χ1v) is 9.55. The van der Waals surface area contributed by atoms with E-state index in [0.29, 0.717) is 22.2 Å². The van der Waals surface area contributed by atoms with Crippen molar-refractivity contribution in [2.75, 3.05) is 22.6 Å². The second kappa shape index (κ2) is 6.56. The van der Waals surface area contributed by atoms with Gasteiger partial charge in [0.05, 0.1) is 27.3 Å². The van der Waals surface area contributed by atoms with Crippen molar-refractivity contribution in [1.82, 2.24) is 0 Å². The van der Waals surface area contributed by atoms with Crippen molar-refractivity contribution >= 4 is 56.4 Å². The minimum Gasteiger partial charge on any atom is -0.325 e. The van der Waals surface area contributed by atoms with E-state index in [1.165, 1.54) is 11.8 Å². The molecule has 0 aromatic heterocycles. The van der Waals surface area contributed by atoms with Gasteiger partial charge in [0.2, 0.25) is 5.91 Å². The Bertz CT molecular complexity index is 619. The van der Waals surface area contributed by atoms with Gasteiger partial charge in [-0.25, -0.2) is 8.42 Å². The SMILES string of the molecule is O=C(CS[C@H]1CCS(=O)(=O)C1)Nc1ccc(Cl)c(Cl)c1. The largest absolute Gasteiger partial charge is 0.325 e. The van der Waals surface area contributed by atoms with Gasteiger partial charge in [0.15, 0.2) is 9.84 Å². The van der Waals surface area contributed by atoms with E-state index in [2.05, 4.69) is 5.32 Å². The number of carbonyl (C=O) groups excluding carboxylic acids is 1. The first-order chi connectivity index (χ1) is 9.35. The van der Waals surface area contributed by atoms with Crippen LogP contribution in [0.4, 0.5) is 5.69 Å². The zero-order chi connectivity index (χ0) is 14.8. The Balaban J connectivity index is 1.82. The van der Waals surface area contributed by atoms with Gasteiger partial charge in [0.1, 0.15) is 0 Å². The Kier molecular flexibility index (Phi) is 5.23. The van der Waals surface area contributed by atoms with Crippen LogP contribution in [0.2, 0.25) is 10.0 Å². The van der Waals surface area contributed by atoms with Gasteiger partial charge in [-0.05, 0) is 24.6 Å². The molecule has 20 heavy (non-hydrogen) atoms. The van der Waals surface area contributed by atoms with Crippen LogP contribution < -0.4 is 5.32 Å². The summed E-state index contributed by atoms with van der Waals surface area (Å²) < 4.78 is 22.6. The molecule has 1 aliphatic heterocycles. The number of nitrogens with one attached hydrogen (secondary N) is 1. The third kappa shape index (κ3) is 4.55. The van der Waals surface area contributed by atoms with Crippen LogP contribution in [0.25, 0.3) is 0 Å². The monoisotopic (exact) mass is 353 g/mol. The molecule has 0 spiro atoms. The maximum atomic E-state index is 11.8. The predicted octanol–water partition coefficient (Wildman–Crippen LogP) is 2.85. The molecule has 110 valence electrons. The van der Waals surface area contributed by atoms with Crippen molar-refractivity contribution in [3.05, 3.63) is 28.2 Å². The van der Waals surface area contributed by atoms with Crippen molar-refractivity contribution in [3.63, 3.8) is 0 Å². The summed E-state index contributed by atoms with van der Waals surface area (Å²) in [6, 6.07) is 4.85. The Morgan fingerprint density at radius 3 is 2.70 bits per heavy atom. The molecule has 1 N–H and O–H groups in total. The molecule has 4 nitrogen and oxygen atoms in total. The molecule has 1 saturated heterocycles. The van der Waals surface area contributed by atoms with Crippen LogP contribution in [0.15, 0.2) is 18.2 Å². The zero-order valence-electron chi connectivity index (χ0n) is 10.4. The lowest BCUT2D eigenvalue weighted by Crippen LogP contribution is -2.17. The summed E-state index contributed by atoms with van der Waals surface area (Å²) >= 11 is 13.0. The fraction of sp³-hybridized carbons (Fsp3) is 0.417. The molecule has 2 rings (SSSR count). The quantitative estimate of drug-likeness (QED) is 0.903. The van der Waals surface area contributed by atoms with Crippen molar-refractivity contribution < 1.29 is 13.2 Å². The van der Waals surface area contributed by atoms with E-state index in [0.717, 1.165) is 0 Å². The maximum absolute atomic E-state index is 11.8. The van der Waals surface area contributed by atoms with E-state index in [1.807, 2.05) is 0 Å². The number of hydrogen-bond acceptors (Lipinski definition) is 4. The molecular formula is C12H13Cl2NO3S2. The molecule has 0 radical (unpaired) electrons. The fourth-order valence-corrected chi connectivity index (χ4v) is 5.60. The highest BCUT2D eigenvalue weighted by Crippen LogP contribution is 2.26. The Hall–Kier alpha value is -0.430. The number of hydrogen-bond donors (Lipinski definition) is 1. The number of anilines is 1. The number of carbonyl (C=O) groups is 1. The van der Waals surface area contributed by atoms with Gasteiger partial charge in [-0.2, -0.15) is 0 Å². The van der Waals surface area contributed by atoms with E-state index in [-0.39, 0.29) is 28.4 Å². The lowest BCUT2D eigenvalue weighted by molar-refractivity contribution is -0.113. The summed E-state index contributed by atoms with van der Waals surface area (Å²) in [5.74, 6) is 0.426. The van der Waals surface area contributed by atoms with E-state index >= 15 is 0 Å². The number of sulfone groups is 1. The molecule has 8 heteroatoms. The smallest absolute Gasteiger partial charge is 0.234 e.